The Labute approximate surface area is 203 Å². The summed E-state index contributed by atoms with van der Waals surface area (Å²) in [6, 6.07) is 6.64. The molecule has 1 aromatic rings. The van der Waals surface area contributed by atoms with E-state index in [4.69, 9.17) is 11.5 Å². The lowest BCUT2D eigenvalue weighted by atomic mass is 10.1. The average Bonchev–Trinajstić information content (AvgIpc) is 3.27. The number of rotatable bonds is 7. The van der Waals surface area contributed by atoms with Crippen LogP contribution in [-0.4, -0.2) is 59.6 Å². The first-order valence-electron chi connectivity index (χ1n) is 12.6. The van der Waals surface area contributed by atoms with Gasteiger partial charge < -0.3 is 21.3 Å². The summed E-state index contributed by atoms with van der Waals surface area (Å²) in [6.07, 6.45) is 11.7. The number of amides is 4. The number of unbranched alkanes of at least 4 members (excludes halogenated alkanes) is 1. The Bertz CT molecular complexity index is 811. The second-order valence-electron chi connectivity index (χ2n) is 9.12. The van der Waals surface area contributed by atoms with Crippen molar-refractivity contribution in [2.24, 2.45) is 11.5 Å². The van der Waals surface area contributed by atoms with Gasteiger partial charge in [0, 0.05) is 50.1 Å². The molecule has 8 nitrogen and oxygen atoms in total. The van der Waals surface area contributed by atoms with Gasteiger partial charge in [0.25, 0.3) is 5.91 Å². The summed E-state index contributed by atoms with van der Waals surface area (Å²) in [4.78, 5) is 49.6. The van der Waals surface area contributed by atoms with E-state index in [-0.39, 0.29) is 17.7 Å². The van der Waals surface area contributed by atoms with E-state index in [9.17, 15) is 19.2 Å². The predicted octanol–water partition coefficient (Wildman–Crippen LogP) is 3.24. The maximum atomic E-state index is 12.3. The number of hydrogen-bond acceptors (Lipinski definition) is 4. The van der Waals surface area contributed by atoms with Gasteiger partial charge in [0.05, 0.1) is 0 Å². The first-order chi connectivity index (χ1) is 16.4. The Morgan fingerprint density at radius 1 is 0.676 bits per heavy atom. The Kier molecular flexibility index (Phi) is 12.1. The molecule has 0 atom stereocenters. The van der Waals surface area contributed by atoms with Crippen LogP contribution in [0.5, 0.6) is 0 Å². The molecule has 2 heterocycles. The molecule has 1 aromatic carbocycles. The zero-order chi connectivity index (χ0) is 24.8. The van der Waals surface area contributed by atoms with Crippen molar-refractivity contribution < 1.29 is 19.2 Å². The van der Waals surface area contributed by atoms with E-state index in [1.165, 1.54) is 25.7 Å². The van der Waals surface area contributed by atoms with Crippen LogP contribution >= 0.6 is 0 Å². The molecule has 34 heavy (non-hydrogen) atoms. The highest BCUT2D eigenvalue weighted by Crippen LogP contribution is 2.15. The van der Waals surface area contributed by atoms with Gasteiger partial charge in [-0.1, -0.05) is 31.7 Å². The van der Waals surface area contributed by atoms with Crippen LogP contribution in [0.15, 0.2) is 24.3 Å². The van der Waals surface area contributed by atoms with Gasteiger partial charge in [0.2, 0.25) is 17.7 Å². The monoisotopic (exact) mass is 472 g/mol. The normalized spacial score (nSPS) is 16.5. The Hall–Kier alpha value is -2.90. The van der Waals surface area contributed by atoms with Gasteiger partial charge in [-0.05, 0) is 56.7 Å². The second-order valence-corrected chi connectivity index (χ2v) is 9.12. The molecule has 0 aliphatic carbocycles. The molecule has 3 rings (SSSR count). The van der Waals surface area contributed by atoms with E-state index < -0.39 is 5.91 Å². The summed E-state index contributed by atoms with van der Waals surface area (Å²) in [7, 11) is 0. The molecule has 4 N–H and O–H groups in total. The number of nitrogens with zero attached hydrogens (tertiary/aromatic N) is 2. The van der Waals surface area contributed by atoms with E-state index in [0.29, 0.717) is 24.0 Å². The van der Waals surface area contributed by atoms with Crippen LogP contribution in [0.2, 0.25) is 0 Å². The van der Waals surface area contributed by atoms with Crippen molar-refractivity contribution in [1.82, 2.24) is 9.80 Å². The lowest BCUT2D eigenvalue weighted by Gasteiger charge is -2.20. The fourth-order valence-corrected chi connectivity index (χ4v) is 4.32. The number of carbonyl (C=O) groups excluding carboxylic acids is 4. The molecule has 0 unspecified atom stereocenters. The summed E-state index contributed by atoms with van der Waals surface area (Å²) in [5.74, 6) is -0.533. The quantitative estimate of drug-likeness (QED) is 0.591. The SMILES string of the molecule is NC(=O)CCCCC(=O)N1CCCCCC1.NC(=O)c1cccc(C(=O)N2CCCCCC2)c1. The lowest BCUT2D eigenvalue weighted by molar-refractivity contribution is -0.131. The van der Waals surface area contributed by atoms with Crippen LogP contribution in [0, 0.1) is 0 Å². The molecule has 0 bridgehead atoms. The van der Waals surface area contributed by atoms with Crippen LogP contribution in [0.25, 0.3) is 0 Å². The summed E-state index contributed by atoms with van der Waals surface area (Å²) in [5, 5.41) is 0. The third-order valence-electron chi connectivity index (χ3n) is 6.31. The number of primary amides is 2. The van der Waals surface area contributed by atoms with Crippen molar-refractivity contribution in [2.45, 2.75) is 77.0 Å². The standard InChI is InChI=1S/C14H18N2O2.C12H22N2O2/c15-13(17)11-6-5-7-12(10-11)14(18)16-8-3-1-2-4-9-16;13-11(15)7-3-4-8-12(16)14-9-5-1-2-6-10-14/h5-7,10H,1-4,8-9H2,(H2,15,17);1-10H2,(H2,13,15). The summed E-state index contributed by atoms with van der Waals surface area (Å²) in [5.41, 5.74) is 11.2. The van der Waals surface area contributed by atoms with Crippen molar-refractivity contribution in [2.75, 3.05) is 26.2 Å². The Balaban J connectivity index is 0.000000242. The lowest BCUT2D eigenvalue weighted by Crippen LogP contribution is -2.32. The van der Waals surface area contributed by atoms with Gasteiger partial charge in [-0.3, -0.25) is 19.2 Å². The maximum Gasteiger partial charge on any atom is 0.253 e. The number of benzene rings is 1. The Morgan fingerprint density at radius 3 is 1.71 bits per heavy atom. The van der Waals surface area contributed by atoms with Crippen molar-refractivity contribution in [3.05, 3.63) is 35.4 Å². The van der Waals surface area contributed by atoms with Crippen LogP contribution < -0.4 is 11.5 Å². The fourth-order valence-electron chi connectivity index (χ4n) is 4.32. The smallest absolute Gasteiger partial charge is 0.253 e. The molecule has 2 saturated heterocycles. The highest BCUT2D eigenvalue weighted by molar-refractivity contribution is 5.99. The van der Waals surface area contributed by atoms with Crippen molar-refractivity contribution in [1.29, 1.82) is 0 Å². The van der Waals surface area contributed by atoms with E-state index in [2.05, 4.69) is 0 Å². The number of hydrogen-bond donors (Lipinski definition) is 2. The fraction of sp³-hybridized carbons (Fsp3) is 0.615. The van der Waals surface area contributed by atoms with Gasteiger partial charge in [-0.25, -0.2) is 0 Å². The second kappa shape index (κ2) is 15.1. The summed E-state index contributed by atoms with van der Waals surface area (Å²) >= 11 is 0. The highest BCUT2D eigenvalue weighted by atomic mass is 16.2. The summed E-state index contributed by atoms with van der Waals surface area (Å²) in [6.45, 7) is 3.43. The van der Waals surface area contributed by atoms with Crippen molar-refractivity contribution in [3.63, 3.8) is 0 Å². The minimum absolute atomic E-state index is 0.000000000000000444. The molecule has 188 valence electrons. The molecular weight excluding hydrogens is 432 g/mol. The first kappa shape index (κ1) is 27.3. The van der Waals surface area contributed by atoms with Gasteiger partial charge in [0.15, 0.2) is 0 Å². The van der Waals surface area contributed by atoms with Gasteiger partial charge in [0.1, 0.15) is 0 Å². The largest absolute Gasteiger partial charge is 0.370 e. The Morgan fingerprint density at radius 2 is 1.18 bits per heavy atom. The summed E-state index contributed by atoms with van der Waals surface area (Å²) < 4.78 is 0. The predicted molar refractivity (Wildman–Crippen MR) is 132 cm³/mol. The van der Waals surface area contributed by atoms with E-state index in [0.717, 1.165) is 64.7 Å². The molecule has 4 amide bonds. The minimum Gasteiger partial charge on any atom is -0.370 e. The minimum atomic E-state index is -0.500. The zero-order valence-corrected chi connectivity index (χ0v) is 20.3. The third kappa shape index (κ3) is 9.93. The van der Waals surface area contributed by atoms with E-state index >= 15 is 0 Å². The van der Waals surface area contributed by atoms with Crippen LogP contribution in [0.4, 0.5) is 0 Å². The van der Waals surface area contributed by atoms with Gasteiger partial charge in [-0.15, -0.1) is 0 Å². The molecule has 0 aromatic heterocycles. The molecular formula is C26H40N4O4. The van der Waals surface area contributed by atoms with Gasteiger partial charge in [-0.2, -0.15) is 0 Å². The van der Waals surface area contributed by atoms with Crippen LogP contribution in [0.1, 0.15) is 97.8 Å². The van der Waals surface area contributed by atoms with E-state index in [1.807, 2.05) is 9.80 Å². The van der Waals surface area contributed by atoms with E-state index in [1.54, 1.807) is 24.3 Å². The molecule has 2 fully saturated rings. The molecule has 0 saturated carbocycles. The molecule has 2 aliphatic heterocycles. The first-order valence-corrected chi connectivity index (χ1v) is 12.6. The number of nitrogens with two attached hydrogens (primary N) is 2. The van der Waals surface area contributed by atoms with Crippen LogP contribution in [0.3, 0.4) is 0 Å². The highest BCUT2D eigenvalue weighted by Gasteiger charge is 2.18. The molecule has 8 heteroatoms. The van der Waals surface area contributed by atoms with Crippen molar-refractivity contribution >= 4 is 23.6 Å². The number of carbonyl (C=O) groups is 4. The average molecular weight is 473 g/mol. The van der Waals surface area contributed by atoms with Gasteiger partial charge >= 0.3 is 0 Å². The number of likely N-dealkylation sites (tertiary alicyclic amines) is 2. The third-order valence-corrected chi connectivity index (χ3v) is 6.31. The van der Waals surface area contributed by atoms with Crippen LogP contribution in [-0.2, 0) is 9.59 Å². The zero-order valence-electron chi connectivity index (χ0n) is 20.3. The molecule has 0 spiro atoms. The molecule has 0 radical (unpaired) electrons. The topological polar surface area (TPSA) is 127 Å². The van der Waals surface area contributed by atoms with Crippen molar-refractivity contribution in [3.8, 4) is 0 Å². The molecule has 2 aliphatic rings. The maximum absolute atomic E-state index is 12.3.